The largest absolute Gasteiger partial charge is 0.474 e. The number of pyridine rings is 1. The van der Waals surface area contributed by atoms with E-state index in [9.17, 15) is 0 Å². The van der Waals surface area contributed by atoms with Crippen LogP contribution in [-0.4, -0.2) is 17.1 Å². The van der Waals surface area contributed by atoms with Crippen molar-refractivity contribution < 1.29 is 4.74 Å². The van der Waals surface area contributed by atoms with Crippen LogP contribution in [-0.2, 0) is 0 Å². The molecular formula is C23H30N2O. The first kappa shape index (κ1) is 17.4. The number of anilines is 1. The number of ether oxygens (including phenoxy) is 1. The predicted octanol–water partition coefficient (Wildman–Crippen LogP) is 5.79. The Labute approximate surface area is 157 Å². The van der Waals surface area contributed by atoms with Crippen LogP contribution in [0.3, 0.4) is 0 Å². The van der Waals surface area contributed by atoms with Crippen molar-refractivity contribution in [3.63, 3.8) is 0 Å². The minimum atomic E-state index is 0.368. The molecule has 0 saturated heterocycles. The van der Waals surface area contributed by atoms with E-state index in [1.807, 2.05) is 12.3 Å². The highest BCUT2D eigenvalue weighted by Gasteiger charge is 2.27. The molecule has 1 N–H and O–H groups in total. The fraction of sp³-hybridized carbons (Fsp3) is 0.522. The van der Waals surface area contributed by atoms with Crippen molar-refractivity contribution in [3.8, 4) is 5.88 Å². The van der Waals surface area contributed by atoms with E-state index < -0.39 is 0 Å². The van der Waals surface area contributed by atoms with E-state index in [-0.39, 0.29) is 0 Å². The van der Waals surface area contributed by atoms with Crippen LogP contribution in [0.1, 0.15) is 63.4 Å². The molecule has 4 rings (SSSR count). The summed E-state index contributed by atoms with van der Waals surface area (Å²) >= 11 is 0. The third kappa shape index (κ3) is 4.38. The summed E-state index contributed by atoms with van der Waals surface area (Å²) in [4.78, 5) is 4.52. The molecule has 2 aliphatic rings. The summed E-state index contributed by atoms with van der Waals surface area (Å²) in [5, 5.41) is 3.71. The Hall–Kier alpha value is -2.03. The fourth-order valence-corrected chi connectivity index (χ4v) is 4.67. The first-order valence-corrected chi connectivity index (χ1v) is 10.2. The number of nitrogens with one attached hydrogen (secondary N) is 1. The Balaban J connectivity index is 1.36. The van der Waals surface area contributed by atoms with E-state index in [1.54, 1.807) is 0 Å². The van der Waals surface area contributed by atoms with E-state index in [1.165, 1.54) is 50.5 Å². The average molecular weight is 351 g/mol. The lowest BCUT2D eigenvalue weighted by Gasteiger charge is -2.34. The van der Waals surface area contributed by atoms with Crippen molar-refractivity contribution >= 4 is 5.69 Å². The number of benzene rings is 1. The molecule has 0 bridgehead atoms. The van der Waals surface area contributed by atoms with Gasteiger partial charge in [-0.25, -0.2) is 4.98 Å². The molecule has 1 aromatic carbocycles. The third-order valence-corrected chi connectivity index (χ3v) is 5.91. The highest BCUT2D eigenvalue weighted by Crippen LogP contribution is 2.37. The van der Waals surface area contributed by atoms with Crippen LogP contribution >= 0.6 is 0 Å². The van der Waals surface area contributed by atoms with E-state index in [0.29, 0.717) is 18.1 Å². The van der Waals surface area contributed by atoms with Gasteiger partial charge in [-0.1, -0.05) is 37.3 Å². The lowest BCUT2D eigenvalue weighted by Crippen LogP contribution is -2.30. The summed E-state index contributed by atoms with van der Waals surface area (Å²) < 4.78 is 5.97. The van der Waals surface area contributed by atoms with Gasteiger partial charge in [-0.05, 0) is 68.4 Å². The second-order valence-electron chi connectivity index (χ2n) is 8.17. The van der Waals surface area contributed by atoms with Gasteiger partial charge in [0, 0.05) is 12.1 Å². The molecule has 2 aromatic rings. The van der Waals surface area contributed by atoms with E-state index in [4.69, 9.17) is 4.74 Å². The molecule has 0 radical (unpaired) electrons. The van der Waals surface area contributed by atoms with Gasteiger partial charge in [0.25, 0.3) is 0 Å². The average Bonchev–Trinajstić information content (AvgIpc) is 3.17. The zero-order chi connectivity index (χ0) is 17.8. The maximum atomic E-state index is 5.97. The third-order valence-electron chi connectivity index (χ3n) is 5.91. The summed E-state index contributed by atoms with van der Waals surface area (Å²) in [5.41, 5.74) is 2.58. The first-order valence-electron chi connectivity index (χ1n) is 10.2. The molecule has 3 nitrogen and oxygen atoms in total. The maximum absolute atomic E-state index is 5.97. The van der Waals surface area contributed by atoms with Crippen LogP contribution < -0.4 is 10.1 Å². The van der Waals surface area contributed by atoms with Crippen LogP contribution in [0, 0.1) is 5.92 Å². The molecule has 2 saturated carbocycles. The molecule has 138 valence electrons. The van der Waals surface area contributed by atoms with Crippen molar-refractivity contribution in [1.29, 1.82) is 0 Å². The van der Waals surface area contributed by atoms with Crippen LogP contribution in [0.4, 0.5) is 5.69 Å². The molecule has 1 heterocycles. The van der Waals surface area contributed by atoms with Gasteiger partial charge >= 0.3 is 0 Å². The zero-order valence-electron chi connectivity index (χ0n) is 15.7. The highest BCUT2D eigenvalue weighted by molar-refractivity contribution is 5.43. The normalized spacial score (nSPS) is 26.6. The van der Waals surface area contributed by atoms with Gasteiger partial charge in [0.15, 0.2) is 0 Å². The van der Waals surface area contributed by atoms with Gasteiger partial charge in [0.2, 0.25) is 5.88 Å². The van der Waals surface area contributed by atoms with E-state index >= 15 is 0 Å². The number of hydrogen-bond acceptors (Lipinski definition) is 3. The van der Waals surface area contributed by atoms with E-state index in [2.05, 4.69) is 53.6 Å². The van der Waals surface area contributed by atoms with Crippen molar-refractivity contribution in [3.05, 3.63) is 54.2 Å². The Bertz CT molecular complexity index is 679. The minimum absolute atomic E-state index is 0.368. The van der Waals surface area contributed by atoms with Gasteiger partial charge in [-0.15, -0.1) is 0 Å². The Kier molecular flexibility index (Phi) is 5.42. The minimum Gasteiger partial charge on any atom is -0.474 e. The fourth-order valence-electron chi connectivity index (χ4n) is 4.67. The van der Waals surface area contributed by atoms with Crippen LogP contribution in [0.2, 0.25) is 0 Å². The monoisotopic (exact) mass is 350 g/mol. The van der Waals surface area contributed by atoms with Crippen LogP contribution in [0.5, 0.6) is 5.88 Å². The van der Waals surface area contributed by atoms with Crippen LogP contribution in [0.15, 0.2) is 48.7 Å². The summed E-state index contributed by atoms with van der Waals surface area (Å²) in [6.07, 6.45) is 10.9. The molecule has 3 heteroatoms. The van der Waals surface area contributed by atoms with Crippen molar-refractivity contribution in [2.45, 2.75) is 69.9 Å². The molecule has 1 aromatic heterocycles. The SMILES string of the molecule is CC1CC(Nc2ccc(OC3CCCC3)nc2)CC(c2ccccc2)C1. The highest BCUT2D eigenvalue weighted by atomic mass is 16.5. The van der Waals surface area contributed by atoms with Gasteiger partial charge in [0.05, 0.1) is 11.9 Å². The molecule has 3 unspecified atom stereocenters. The number of aromatic nitrogens is 1. The van der Waals surface area contributed by atoms with Crippen molar-refractivity contribution in [1.82, 2.24) is 4.98 Å². The van der Waals surface area contributed by atoms with Gasteiger partial charge in [-0.2, -0.15) is 0 Å². The van der Waals surface area contributed by atoms with Gasteiger partial charge < -0.3 is 10.1 Å². The number of hydrogen-bond donors (Lipinski definition) is 1. The zero-order valence-corrected chi connectivity index (χ0v) is 15.7. The maximum Gasteiger partial charge on any atom is 0.213 e. The standard InChI is InChI=1S/C23H30N2O/c1-17-13-19(18-7-3-2-4-8-18)15-21(14-17)25-20-11-12-23(24-16-20)26-22-9-5-6-10-22/h2-4,7-8,11-12,16-17,19,21-22,25H,5-6,9-10,13-15H2,1H3. The van der Waals surface area contributed by atoms with Gasteiger partial charge in [0.1, 0.15) is 6.10 Å². The molecule has 2 aliphatic carbocycles. The summed E-state index contributed by atoms with van der Waals surface area (Å²) in [6, 6.07) is 15.6. The summed E-state index contributed by atoms with van der Waals surface area (Å²) in [5.74, 6) is 2.15. The molecule has 0 amide bonds. The van der Waals surface area contributed by atoms with E-state index in [0.717, 1.165) is 17.5 Å². The molecule has 26 heavy (non-hydrogen) atoms. The van der Waals surface area contributed by atoms with Crippen LogP contribution in [0.25, 0.3) is 0 Å². The number of rotatable bonds is 5. The Morgan fingerprint density at radius 2 is 1.77 bits per heavy atom. The molecule has 0 spiro atoms. The second-order valence-corrected chi connectivity index (χ2v) is 8.17. The lowest BCUT2D eigenvalue weighted by molar-refractivity contribution is 0.201. The first-order chi connectivity index (χ1) is 12.8. The quantitative estimate of drug-likeness (QED) is 0.741. The number of nitrogens with zero attached hydrogens (tertiary/aromatic N) is 1. The predicted molar refractivity (Wildman–Crippen MR) is 107 cm³/mol. The van der Waals surface area contributed by atoms with Crippen molar-refractivity contribution in [2.24, 2.45) is 5.92 Å². The Morgan fingerprint density at radius 3 is 2.50 bits per heavy atom. The second kappa shape index (κ2) is 8.11. The molecule has 0 aliphatic heterocycles. The molecular weight excluding hydrogens is 320 g/mol. The topological polar surface area (TPSA) is 34.1 Å². The summed E-state index contributed by atoms with van der Waals surface area (Å²) in [6.45, 7) is 2.38. The smallest absolute Gasteiger partial charge is 0.213 e. The van der Waals surface area contributed by atoms with Crippen molar-refractivity contribution in [2.75, 3.05) is 5.32 Å². The lowest BCUT2D eigenvalue weighted by atomic mass is 9.76. The van der Waals surface area contributed by atoms with Gasteiger partial charge in [-0.3, -0.25) is 0 Å². The molecule has 2 fully saturated rings. The molecule has 3 atom stereocenters. The Morgan fingerprint density at radius 1 is 0.962 bits per heavy atom. The summed E-state index contributed by atoms with van der Waals surface area (Å²) in [7, 11) is 0.